The number of anilines is 1. The molecule has 7 heteroatoms. The highest BCUT2D eigenvalue weighted by atomic mass is 19.4. The Morgan fingerprint density at radius 3 is 2.42 bits per heavy atom. The average molecular weight is 364 g/mol. The summed E-state index contributed by atoms with van der Waals surface area (Å²) in [5.41, 5.74) is 1.47. The van der Waals surface area contributed by atoms with E-state index in [4.69, 9.17) is 4.74 Å². The van der Waals surface area contributed by atoms with Gasteiger partial charge in [-0.05, 0) is 55.8 Å². The van der Waals surface area contributed by atoms with E-state index < -0.39 is 12.0 Å². The van der Waals surface area contributed by atoms with Crippen LogP contribution in [0.5, 0.6) is 11.5 Å². The molecule has 2 aromatic rings. The van der Waals surface area contributed by atoms with Crippen LogP contribution in [0.2, 0.25) is 0 Å². The largest absolute Gasteiger partial charge is 0.573 e. The molecule has 1 aliphatic heterocycles. The number of hydrogen-bond acceptors (Lipinski definition) is 4. The lowest BCUT2D eigenvalue weighted by atomic mass is 9.90. The van der Waals surface area contributed by atoms with Crippen molar-refractivity contribution in [3.8, 4) is 11.5 Å². The van der Waals surface area contributed by atoms with Gasteiger partial charge in [0.2, 0.25) is 0 Å². The van der Waals surface area contributed by atoms with Gasteiger partial charge in [0.15, 0.2) is 0 Å². The number of benzene rings is 1. The number of aromatic nitrogens is 1. The standard InChI is InChI=1S/C19H19F3N2O2/c1-18(2)10-15(12-5-8-17(23-11-12)24(3)4)14-9-13(25-19(20,21)22)6-7-16(14)26-18/h5-11H,1-4H3. The molecule has 0 fully saturated rings. The zero-order chi connectivity index (χ0) is 19.1. The van der Waals surface area contributed by atoms with Crippen LogP contribution in [0.1, 0.15) is 25.0 Å². The summed E-state index contributed by atoms with van der Waals surface area (Å²) >= 11 is 0. The number of rotatable bonds is 3. The number of pyridine rings is 1. The Balaban J connectivity index is 2.06. The summed E-state index contributed by atoms with van der Waals surface area (Å²) in [7, 11) is 3.77. The number of hydrogen-bond donors (Lipinski definition) is 0. The summed E-state index contributed by atoms with van der Waals surface area (Å²) in [6.07, 6.45) is -1.18. The second kappa shape index (κ2) is 6.23. The molecule has 0 radical (unpaired) electrons. The van der Waals surface area contributed by atoms with E-state index in [0.29, 0.717) is 11.3 Å². The minimum atomic E-state index is -4.75. The fourth-order valence-electron chi connectivity index (χ4n) is 2.79. The lowest BCUT2D eigenvalue weighted by Gasteiger charge is -2.31. The predicted octanol–water partition coefficient (Wildman–Crippen LogP) is 4.65. The molecule has 138 valence electrons. The summed E-state index contributed by atoms with van der Waals surface area (Å²) in [5.74, 6) is 0.997. The maximum absolute atomic E-state index is 12.6. The zero-order valence-corrected chi connectivity index (χ0v) is 14.9. The van der Waals surface area contributed by atoms with E-state index >= 15 is 0 Å². The van der Waals surface area contributed by atoms with Crippen molar-refractivity contribution in [1.29, 1.82) is 0 Å². The zero-order valence-electron chi connectivity index (χ0n) is 14.9. The molecule has 0 aliphatic carbocycles. The van der Waals surface area contributed by atoms with Gasteiger partial charge in [-0.2, -0.15) is 0 Å². The first-order chi connectivity index (χ1) is 12.0. The number of halogens is 3. The van der Waals surface area contributed by atoms with Crippen molar-refractivity contribution in [3.63, 3.8) is 0 Å². The number of ether oxygens (including phenoxy) is 2. The Morgan fingerprint density at radius 2 is 1.85 bits per heavy atom. The molecule has 0 amide bonds. The van der Waals surface area contributed by atoms with Crippen LogP contribution in [0.15, 0.2) is 42.6 Å². The summed E-state index contributed by atoms with van der Waals surface area (Å²) < 4.78 is 47.6. The fourth-order valence-corrected chi connectivity index (χ4v) is 2.79. The van der Waals surface area contributed by atoms with Gasteiger partial charge in [-0.25, -0.2) is 4.98 Å². The second-order valence-corrected chi connectivity index (χ2v) is 6.77. The lowest BCUT2D eigenvalue weighted by molar-refractivity contribution is -0.274. The van der Waals surface area contributed by atoms with Gasteiger partial charge in [0.25, 0.3) is 0 Å². The molecule has 0 bridgehead atoms. The molecular formula is C19H19F3N2O2. The molecule has 3 rings (SSSR count). The summed E-state index contributed by atoms with van der Waals surface area (Å²) in [4.78, 5) is 6.26. The van der Waals surface area contributed by atoms with Gasteiger partial charge in [-0.1, -0.05) is 0 Å². The van der Waals surface area contributed by atoms with Crippen molar-refractivity contribution >= 4 is 11.4 Å². The van der Waals surface area contributed by atoms with Gasteiger partial charge in [-0.15, -0.1) is 13.2 Å². The van der Waals surface area contributed by atoms with E-state index in [-0.39, 0.29) is 5.75 Å². The first kappa shape index (κ1) is 18.1. The Hall–Kier alpha value is -2.70. The molecule has 26 heavy (non-hydrogen) atoms. The quantitative estimate of drug-likeness (QED) is 0.794. The molecule has 1 aromatic heterocycles. The Bertz CT molecular complexity index is 841. The fraction of sp³-hybridized carbons (Fsp3) is 0.316. The second-order valence-electron chi connectivity index (χ2n) is 6.77. The van der Waals surface area contributed by atoms with Crippen LogP contribution in [-0.2, 0) is 0 Å². The minimum Gasteiger partial charge on any atom is -0.483 e. The highest BCUT2D eigenvalue weighted by Crippen LogP contribution is 2.41. The van der Waals surface area contributed by atoms with Crippen LogP contribution >= 0.6 is 0 Å². The third kappa shape index (κ3) is 3.92. The third-order valence-corrected chi connectivity index (χ3v) is 3.86. The van der Waals surface area contributed by atoms with Gasteiger partial charge in [0, 0.05) is 31.4 Å². The van der Waals surface area contributed by atoms with Crippen LogP contribution < -0.4 is 14.4 Å². The first-order valence-corrected chi connectivity index (χ1v) is 8.00. The Morgan fingerprint density at radius 1 is 1.12 bits per heavy atom. The minimum absolute atomic E-state index is 0.289. The monoisotopic (exact) mass is 364 g/mol. The van der Waals surface area contributed by atoms with E-state index in [2.05, 4.69) is 9.72 Å². The van der Waals surface area contributed by atoms with Gasteiger partial charge < -0.3 is 14.4 Å². The molecular weight excluding hydrogens is 345 g/mol. The van der Waals surface area contributed by atoms with Gasteiger partial charge >= 0.3 is 6.36 Å². The molecule has 2 heterocycles. The summed E-state index contributed by atoms with van der Waals surface area (Å²) in [6, 6.07) is 7.82. The highest BCUT2D eigenvalue weighted by molar-refractivity contribution is 5.85. The highest BCUT2D eigenvalue weighted by Gasteiger charge is 2.33. The Labute approximate surface area is 149 Å². The van der Waals surface area contributed by atoms with Crippen LogP contribution in [0.25, 0.3) is 5.57 Å². The van der Waals surface area contributed by atoms with Crippen molar-refractivity contribution in [2.45, 2.75) is 25.8 Å². The molecule has 0 saturated heterocycles. The lowest BCUT2D eigenvalue weighted by Crippen LogP contribution is -2.29. The summed E-state index contributed by atoms with van der Waals surface area (Å²) in [5, 5.41) is 0. The molecule has 0 atom stereocenters. The van der Waals surface area contributed by atoms with Crippen molar-refractivity contribution in [2.24, 2.45) is 0 Å². The van der Waals surface area contributed by atoms with Crippen molar-refractivity contribution < 1.29 is 22.6 Å². The van der Waals surface area contributed by atoms with Crippen LogP contribution in [0, 0.1) is 0 Å². The van der Waals surface area contributed by atoms with Crippen molar-refractivity contribution in [1.82, 2.24) is 4.98 Å². The smallest absolute Gasteiger partial charge is 0.483 e. The number of fused-ring (bicyclic) bond motifs is 1. The molecule has 4 nitrogen and oxygen atoms in total. The molecule has 0 unspecified atom stereocenters. The van der Waals surface area contributed by atoms with E-state index in [1.54, 1.807) is 6.20 Å². The number of alkyl halides is 3. The van der Waals surface area contributed by atoms with Gasteiger partial charge in [-0.3, -0.25) is 0 Å². The maximum Gasteiger partial charge on any atom is 0.573 e. The topological polar surface area (TPSA) is 34.6 Å². The van der Waals surface area contributed by atoms with E-state index in [9.17, 15) is 13.2 Å². The van der Waals surface area contributed by atoms with Crippen molar-refractivity contribution in [2.75, 3.05) is 19.0 Å². The van der Waals surface area contributed by atoms with Crippen molar-refractivity contribution in [3.05, 3.63) is 53.7 Å². The van der Waals surface area contributed by atoms with E-state index in [1.165, 1.54) is 18.2 Å². The van der Waals surface area contributed by atoms with E-state index in [1.807, 2.05) is 51.1 Å². The van der Waals surface area contributed by atoms with Gasteiger partial charge in [0.05, 0.1) is 0 Å². The Kier molecular flexibility index (Phi) is 4.34. The third-order valence-electron chi connectivity index (χ3n) is 3.86. The molecule has 1 aromatic carbocycles. The molecule has 0 N–H and O–H groups in total. The normalized spacial score (nSPS) is 15.6. The van der Waals surface area contributed by atoms with Gasteiger partial charge in [0.1, 0.15) is 22.9 Å². The SMILES string of the molecule is CN(C)c1ccc(C2=CC(C)(C)Oc3ccc(OC(F)(F)F)cc32)cn1. The van der Waals surface area contributed by atoms with Crippen LogP contribution in [-0.4, -0.2) is 31.0 Å². The predicted molar refractivity (Wildman–Crippen MR) is 93.5 cm³/mol. The van der Waals surface area contributed by atoms with Crippen LogP contribution in [0.3, 0.4) is 0 Å². The molecule has 0 spiro atoms. The van der Waals surface area contributed by atoms with Crippen LogP contribution in [0.4, 0.5) is 19.0 Å². The first-order valence-electron chi connectivity index (χ1n) is 8.00. The molecule has 0 saturated carbocycles. The summed E-state index contributed by atoms with van der Waals surface area (Å²) in [6.45, 7) is 3.77. The maximum atomic E-state index is 12.6. The van der Waals surface area contributed by atoms with E-state index in [0.717, 1.165) is 17.0 Å². The molecule has 1 aliphatic rings. The average Bonchev–Trinajstić information content (AvgIpc) is 2.52. The number of nitrogens with zero attached hydrogens (tertiary/aromatic N) is 2.